The Balaban J connectivity index is 1.83. The number of nitrogens with one attached hydrogen (secondary N) is 1. The molecule has 126 valence electrons. The molecular weight excluding hydrogens is 298 g/mol. The Morgan fingerprint density at radius 3 is 2.74 bits per heavy atom. The number of hydrogen-bond acceptors (Lipinski definition) is 4. The lowest BCUT2D eigenvalue weighted by molar-refractivity contribution is -0.116. The van der Waals surface area contributed by atoms with Gasteiger partial charge in [0.1, 0.15) is 5.75 Å². The lowest BCUT2D eigenvalue weighted by Crippen LogP contribution is -2.17. The van der Waals surface area contributed by atoms with Crippen molar-refractivity contribution in [2.75, 3.05) is 25.6 Å². The Morgan fingerprint density at radius 1 is 1.35 bits per heavy atom. The van der Waals surface area contributed by atoms with Gasteiger partial charge in [-0.05, 0) is 49.8 Å². The van der Waals surface area contributed by atoms with Crippen molar-refractivity contribution < 1.29 is 24.2 Å². The Morgan fingerprint density at radius 2 is 2.09 bits per heavy atom. The molecule has 0 atom stereocenters. The smallest absolute Gasteiger partial charge is 0.335 e. The number of carbonyl (C=O) groups is 2. The number of aromatic carboxylic acids is 1. The molecule has 0 spiro atoms. The van der Waals surface area contributed by atoms with Gasteiger partial charge in [0.15, 0.2) is 0 Å². The van der Waals surface area contributed by atoms with Crippen molar-refractivity contribution in [3.63, 3.8) is 0 Å². The Labute approximate surface area is 135 Å². The Bertz CT molecular complexity index is 552. The van der Waals surface area contributed by atoms with Crippen LogP contribution >= 0.6 is 0 Å². The molecule has 1 aromatic rings. The van der Waals surface area contributed by atoms with Crippen LogP contribution in [0.15, 0.2) is 18.2 Å². The summed E-state index contributed by atoms with van der Waals surface area (Å²) in [7, 11) is 1.45. The molecule has 0 unspecified atom stereocenters. The van der Waals surface area contributed by atoms with Crippen LogP contribution in [0, 0.1) is 5.92 Å². The molecule has 2 rings (SSSR count). The summed E-state index contributed by atoms with van der Waals surface area (Å²) in [5, 5.41) is 11.7. The molecule has 1 aromatic carbocycles. The van der Waals surface area contributed by atoms with E-state index in [1.807, 2.05) is 0 Å². The van der Waals surface area contributed by atoms with Crippen molar-refractivity contribution in [1.82, 2.24) is 0 Å². The topological polar surface area (TPSA) is 84.9 Å². The van der Waals surface area contributed by atoms with E-state index < -0.39 is 5.97 Å². The highest BCUT2D eigenvalue weighted by atomic mass is 16.5. The number of amides is 1. The SMILES string of the molecule is COc1cc(C(=O)O)ccc1NC(=O)CCCC1CCOCC1. The van der Waals surface area contributed by atoms with Crippen LogP contribution in [0.2, 0.25) is 0 Å². The average Bonchev–Trinajstić information content (AvgIpc) is 2.56. The molecule has 2 N–H and O–H groups in total. The molecule has 1 amide bonds. The van der Waals surface area contributed by atoms with Crippen LogP contribution < -0.4 is 10.1 Å². The van der Waals surface area contributed by atoms with Crippen LogP contribution in [-0.4, -0.2) is 37.3 Å². The summed E-state index contributed by atoms with van der Waals surface area (Å²) in [4.78, 5) is 23.0. The van der Waals surface area contributed by atoms with E-state index in [2.05, 4.69) is 5.32 Å². The first-order valence-corrected chi connectivity index (χ1v) is 7.89. The van der Waals surface area contributed by atoms with E-state index in [0.29, 0.717) is 23.8 Å². The van der Waals surface area contributed by atoms with Gasteiger partial charge in [0.25, 0.3) is 0 Å². The third-order valence-electron chi connectivity index (χ3n) is 4.08. The minimum atomic E-state index is -1.03. The molecule has 1 saturated heterocycles. The summed E-state index contributed by atoms with van der Waals surface area (Å²) in [6.45, 7) is 1.65. The summed E-state index contributed by atoms with van der Waals surface area (Å²) < 4.78 is 10.5. The highest BCUT2D eigenvalue weighted by molar-refractivity contribution is 5.94. The number of ether oxygens (including phenoxy) is 2. The number of carbonyl (C=O) groups excluding carboxylic acids is 1. The first kappa shape index (κ1) is 17.3. The molecule has 23 heavy (non-hydrogen) atoms. The quantitative estimate of drug-likeness (QED) is 0.806. The van der Waals surface area contributed by atoms with Gasteiger partial charge in [-0.25, -0.2) is 4.79 Å². The Kier molecular flexibility index (Phi) is 6.40. The Hall–Kier alpha value is -2.08. The van der Waals surface area contributed by atoms with Gasteiger partial charge in [0.2, 0.25) is 5.91 Å². The van der Waals surface area contributed by atoms with Crippen molar-refractivity contribution in [1.29, 1.82) is 0 Å². The fraction of sp³-hybridized carbons (Fsp3) is 0.529. The second-order valence-electron chi connectivity index (χ2n) is 5.72. The summed E-state index contributed by atoms with van der Waals surface area (Å²) in [6, 6.07) is 4.40. The number of anilines is 1. The number of carboxylic acids is 1. The van der Waals surface area contributed by atoms with Crippen LogP contribution in [0.5, 0.6) is 5.75 Å². The van der Waals surface area contributed by atoms with Gasteiger partial charge in [-0.15, -0.1) is 0 Å². The molecule has 0 bridgehead atoms. The summed E-state index contributed by atoms with van der Waals surface area (Å²) >= 11 is 0. The average molecular weight is 321 g/mol. The zero-order valence-corrected chi connectivity index (χ0v) is 13.3. The monoisotopic (exact) mass is 321 g/mol. The molecule has 6 heteroatoms. The molecule has 1 aliphatic heterocycles. The van der Waals surface area contributed by atoms with Crippen LogP contribution in [-0.2, 0) is 9.53 Å². The maximum absolute atomic E-state index is 12.0. The minimum Gasteiger partial charge on any atom is -0.495 e. The van der Waals surface area contributed by atoms with Gasteiger partial charge in [0.05, 0.1) is 18.4 Å². The first-order valence-electron chi connectivity index (χ1n) is 7.89. The summed E-state index contributed by atoms with van der Waals surface area (Å²) in [6.07, 6.45) is 4.47. The zero-order chi connectivity index (χ0) is 16.7. The fourth-order valence-corrected chi connectivity index (χ4v) is 2.73. The van der Waals surface area contributed by atoms with Crippen LogP contribution in [0.25, 0.3) is 0 Å². The van der Waals surface area contributed by atoms with E-state index in [9.17, 15) is 9.59 Å². The van der Waals surface area contributed by atoms with Gasteiger partial charge in [0, 0.05) is 19.6 Å². The second kappa shape index (κ2) is 8.53. The maximum Gasteiger partial charge on any atom is 0.335 e. The molecule has 1 aliphatic rings. The molecule has 1 fully saturated rings. The number of hydrogen-bond donors (Lipinski definition) is 2. The van der Waals surface area contributed by atoms with Crippen molar-refractivity contribution in [3.05, 3.63) is 23.8 Å². The fourth-order valence-electron chi connectivity index (χ4n) is 2.73. The minimum absolute atomic E-state index is 0.0848. The van der Waals surface area contributed by atoms with E-state index in [1.54, 1.807) is 6.07 Å². The molecule has 6 nitrogen and oxygen atoms in total. The van der Waals surface area contributed by atoms with Gasteiger partial charge in [-0.1, -0.05) is 0 Å². The van der Waals surface area contributed by atoms with E-state index in [4.69, 9.17) is 14.6 Å². The third kappa shape index (κ3) is 5.25. The predicted octanol–water partition coefficient (Wildman–Crippen LogP) is 2.93. The molecular formula is C17H23NO5. The number of rotatable bonds is 7. The lowest BCUT2D eigenvalue weighted by atomic mass is 9.94. The molecule has 0 aliphatic carbocycles. The number of carboxylic acid groups (broad SMARTS) is 1. The largest absolute Gasteiger partial charge is 0.495 e. The summed E-state index contributed by atoms with van der Waals surface area (Å²) in [5.74, 6) is -0.111. The summed E-state index contributed by atoms with van der Waals surface area (Å²) in [5.41, 5.74) is 0.618. The van der Waals surface area contributed by atoms with Gasteiger partial charge in [-0.3, -0.25) is 4.79 Å². The number of benzene rings is 1. The lowest BCUT2D eigenvalue weighted by Gasteiger charge is -2.21. The second-order valence-corrected chi connectivity index (χ2v) is 5.72. The molecule has 0 saturated carbocycles. The van der Waals surface area contributed by atoms with Gasteiger partial charge < -0.3 is 19.9 Å². The first-order chi connectivity index (χ1) is 11.1. The molecule has 0 aromatic heterocycles. The molecule has 0 radical (unpaired) electrons. The van der Waals surface area contributed by atoms with Gasteiger partial charge >= 0.3 is 5.97 Å². The number of methoxy groups -OCH3 is 1. The highest BCUT2D eigenvalue weighted by Crippen LogP contribution is 2.26. The zero-order valence-electron chi connectivity index (χ0n) is 13.3. The predicted molar refractivity (Wildman–Crippen MR) is 86.0 cm³/mol. The van der Waals surface area contributed by atoms with Crippen LogP contribution in [0.4, 0.5) is 5.69 Å². The third-order valence-corrected chi connectivity index (χ3v) is 4.08. The van der Waals surface area contributed by atoms with E-state index in [1.165, 1.54) is 19.2 Å². The van der Waals surface area contributed by atoms with Crippen LogP contribution in [0.3, 0.4) is 0 Å². The van der Waals surface area contributed by atoms with Gasteiger partial charge in [-0.2, -0.15) is 0 Å². The van der Waals surface area contributed by atoms with E-state index >= 15 is 0 Å². The maximum atomic E-state index is 12.0. The van der Waals surface area contributed by atoms with Crippen LogP contribution in [0.1, 0.15) is 42.5 Å². The normalized spacial score (nSPS) is 15.2. The van der Waals surface area contributed by atoms with E-state index in [0.717, 1.165) is 38.9 Å². The van der Waals surface area contributed by atoms with Crippen molar-refractivity contribution in [2.45, 2.75) is 32.1 Å². The standard InChI is InChI=1S/C17H23NO5/c1-22-15-11-13(17(20)21)5-6-14(15)18-16(19)4-2-3-12-7-9-23-10-8-12/h5-6,11-12H,2-4,7-10H2,1H3,(H,18,19)(H,20,21). The van der Waals surface area contributed by atoms with E-state index in [-0.39, 0.29) is 11.5 Å². The van der Waals surface area contributed by atoms with Crippen molar-refractivity contribution >= 4 is 17.6 Å². The van der Waals surface area contributed by atoms with Crippen molar-refractivity contribution in [3.8, 4) is 5.75 Å². The van der Waals surface area contributed by atoms with Crippen molar-refractivity contribution in [2.24, 2.45) is 5.92 Å². The molecule has 1 heterocycles. The highest BCUT2D eigenvalue weighted by Gasteiger charge is 2.15.